The van der Waals surface area contributed by atoms with Gasteiger partial charge in [-0.2, -0.15) is 4.98 Å². The van der Waals surface area contributed by atoms with Gasteiger partial charge in [0.25, 0.3) is 0 Å². The summed E-state index contributed by atoms with van der Waals surface area (Å²) in [5, 5.41) is 7.12. The number of nitrogens with one attached hydrogen (secondary N) is 2. The zero-order valence-electron chi connectivity index (χ0n) is 12.8. The van der Waals surface area contributed by atoms with Gasteiger partial charge < -0.3 is 10.6 Å². The van der Waals surface area contributed by atoms with Gasteiger partial charge in [0.15, 0.2) is 0 Å². The molecule has 0 saturated carbocycles. The van der Waals surface area contributed by atoms with Crippen molar-refractivity contribution in [3.63, 3.8) is 0 Å². The first-order chi connectivity index (χ1) is 11.2. The number of rotatable bonds is 5. The number of halogens is 1. The van der Waals surface area contributed by atoms with Crippen molar-refractivity contribution in [2.24, 2.45) is 0 Å². The van der Waals surface area contributed by atoms with Crippen LogP contribution in [0.1, 0.15) is 11.1 Å². The summed E-state index contributed by atoms with van der Waals surface area (Å²) < 4.78 is 0. The second-order valence-electron chi connectivity index (χ2n) is 5.24. The van der Waals surface area contributed by atoms with Crippen LogP contribution in [0.3, 0.4) is 0 Å². The van der Waals surface area contributed by atoms with Crippen LogP contribution in [0.5, 0.6) is 0 Å². The maximum atomic E-state index is 5.98. The Kier molecular flexibility index (Phi) is 4.74. The third-order valence-corrected chi connectivity index (χ3v) is 3.53. The average molecular weight is 325 g/mol. The molecule has 0 aliphatic heterocycles. The topological polar surface area (TPSA) is 49.8 Å². The predicted octanol–water partition coefficient (Wildman–Crippen LogP) is 4.79. The highest BCUT2D eigenvalue weighted by molar-refractivity contribution is 6.30. The molecule has 0 spiro atoms. The Bertz CT molecular complexity index is 804. The Balaban J connectivity index is 1.67. The highest BCUT2D eigenvalue weighted by Crippen LogP contribution is 2.18. The lowest BCUT2D eigenvalue weighted by Gasteiger charge is -2.09. The molecule has 1 aromatic heterocycles. The highest BCUT2D eigenvalue weighted by Gasteiger charge is 2.01. The summed E-state index contributed by atoms with van der Waals surface area (Å²) in [5.41, 5.74) is 3.32. The third kappa shape index (κ3) is 4.44. The van der Waals surface area contributed by atoms with Crippen molar-refractivity contribution in [2.45, 2.75) is 13.5 Å². The molecule has 2 aromatic carbocycles. The van der Waals surface area contributed by atoms with E-state index in [9.17, 15) is 0 Å². The van der Waals surface area contributed by atoms with Crippen molar-refractivity contribution in [3.8, 4) is 0 Å². The van der Waals surface area contributed by atoms with E-state index in [1.165, 1.54) is 11.1 Å². The van der Waals surface area contributed by atoms with E-state index in [4.69, 9.17) is 11.6 Å². The monoisotopic (exact) mass is 324 g/mol. The van der Waals surface area contributed by atoms with Crippen molar-refractivity contribution in [1.29, 1.82) is 0 Å². The van der Waals surface area contributed by atoms with E-state index in [1.807, 2.05) is 30.3 Å². The molecule has 0 aliphatic carbocycles. The lowest BCUT2D eigenvalue weighted by Crippen LogP contribution is -2.04. The van der Waals surface area contributed by atoms with E-state index in [0.717, 1.165) is 18.1 Å². The first kappa shape index (κ1) is 15.3. The first-order valence-electron chi connectivity index (χ1n) is 7.34. The van der Waals surface area contributed by atoms with Gasteiger partial charge in [0.2, 0.25) is 5.95 Å². The number of nitrogens with zero attached hydrogens (tertiary/aromatic N) is 2. The second kappa shape index (κ2) is 7.11. The summed E-state index contributed by atoms with van der Waals surface area (Å²) in [4.78, 5) is 8.69. The largest absolute Gasteiger partial charge is 0.366 e. The molecule has 3 aromatic rings. The number of anilines is 3. The summed E-state index contributed by atoms with van der Waals surface area (Å²) in [5.74, 6) is 1.30. The van der Waals surface area contributed by atoms with Gasteiger partial charge in [0, 0.05) is 23.5 Å². The minimum Gasteiger partial charge on any atom is -0.366 e. The zero-order valence-corrected chi connectivity index (χ0v) is 13.5. The van der Waals surface area contributed by atoms with Crippen molar-refractivity contribution in [1.82, 2.24) is 9.97 Å². The van der Waals surface area contributed by atoms with Gasteiger partial charge in [-0.25, -0.2) is 4.98 Å². The Hall–Kier alpha value is -2.59. The maximum Gasteiger partial charge on any atom is 0.229 e. The fourth-order valence-electron chi connectivity index (χ4n) is 2.23. The molecule has 5 heteroatoms. The third-order valence-electron chi connectivity index (χ3n) is 3.29. The van der Waals surface area contributed by atoms with Crippen LogP contribution in [0.4, 0.5) is 17.5 Å². The fourth-order valence-corrected chi connectivity index (χ4v) is 2.42. The quantitative estimate of drug-likeness (QED) is 0.708. The van der Waals surface area contributed by atoms with Crippen LogP contribution in [0, 0.1) is 6.92 Å². The highest BCUT2D eigenvalue weighted by atomic mass is 35.5. The van der Waals surface area contributed by atoms with Crippen molar-refractivity contribution in [3.05, 3.63) is 76.9 Å². The van der Waals surface area contributed by atoms with Gasteiger partial charge >= 0.3 is 0 Å². The fraction of sp³-hybridized carbons (Fsp3) is 0.111. The van der Waals surface area contributed by atoms with E-state index in [0.29, 0.717) is 11.0 Å². The molecule has 0 bridgehead atoms. The van der Waals surface area contributed by atoms with Crippen molar-refractivity contribution in [2.75, 3.05) is 10.6 Å². The van der Waals surface area contributed by atoms with Gasteiger partial charge in [-0.05, 0) is 36.8 Å². The van der Waals surface area contributed by atoms with Crippen LogP contribution < -0.4 is 10.6 Å². The summed E-state index contributed by atoms with van der Waals surface area (Å²) in [6, 6.07) is 17.7. The van der Waals surface area contributed by atoms with Crippen molar-refractivity contribution < 1.29 is 0 Å². The molecule has 0 radical (unpaired) electrons. The number of benzene rings is 2. The SMILES string of the molecule is Cc1cccc(CNc2ccnc(Nc3cccc(Cl)c3)n2)c1. The predicted molar refractivity (Wildman–Crippen MR) is 95.3 cm³/mol. The molecule has 0 saturated heterocycles. The van der Waals surface area contributed by atoms with Crippen LogP contribution in [0.2, 0.25) is 5.02 Å². The molecule has 23 heavy (non-hydrogen) atoms. The van der Waals surface area contributed by atoms with Gasteiger partial charge in [-0.3, -0.25) is 0 Å². The molecule has 0 atom stereocenters. The van der Waals surface area contributed by atoms with E-state index in [-0.39, 0.29) is 0 Å². The molecule has 0 aliphatic rings. The number of aromatic nitrogens is 2. The van der Waals surface area contributed by atoms with E-state index >= 15 is 0 Å². The summed E-state index contributed by atoms with van der Waals surface area (Å²) in [6.07, 6.45) is 1.72. The van der Waals surface area contributed by atoms with E-state index in [2.05, 4.69) is 51.8 Å². The Morgan fingerprint density at radius 3 is 2.74 bits per heavy atom. The standard InChI is InChI=1S/C18H17ClN4/c1-13-4-2-5-14(10-13)12-21-17-8-9-20-18(23-17)22-16-7-3-6-15(19)11-16/h2-11H,12H2,1H3,(H2,20,21,22,23). The van der Waals surface area contributed by atoms with Crippen LogP contribution in [-0.4, -0.2) is 9.97 Å². The lowest BCUT2D eigenvalue weighted by atomic mass is 10.1. The maximum absolute atomic E-state index is 5.98. The minimum absolute atomic E-state index is 0.529. The first-order valence-corrected chi connectivity index (χ1v) is 7.72. The van der Waals surface area contributed by atoms with Gasteiger partial charge in [0.1, 0.15) is 5.82 Å². The molecule has 1 heterocycles. The zero-order chi connectivity index (χ0) is 16.1. The molecule has 116 valence electrons. The summed E-state index contributed by atoms with van der Waals surface area (Å²) in [6.45, 7) is 2.80. The molecule has 0 fully saturated rings. The Morgan fingerprint density at radius 1 is 1.04 bits per heavy atom. The number of hydrogen-bond acceptors (Lipinski definition) is 4. The number of aryl methyl sites for hydroxylation is 1. The Labute approximate surface area is 140 Å². The van der Waals surface area contributed by atoms with Gasteiger partial charge in [-0.1, -0.05) is 47.5 Å². The van der Waals surface area contributed by atoms with E-state index < -0.39 is 0 Å². The Morgan fingerprint density at radius 2 is 1.91 bits per heavy atom. The second-order valence-corrected chi connectivity index (χ2v) is 5.68. The van der Waals surface area contributed by atoms with E-state index in [1.54, 1.807) is 6.20 Å². The van der Waals surface area contributed by atoms with Crippen LogP contribution >= 0.6 is 11.6 Å². The van der Waals surface area contributed by atoms with Crippen LogP contribution in [0.25, 0.3) is 0 Å². The normalized spacial score (nSPS) is 10.3. The minimum atomic E-state index is 0.529. The molecule has 3 rings (SSSR count). The molecular weight excluding hydrogens is 308 g/mol. The summed E-state index contributed by atoms with van der Waals surface area (Å²) in [7, 11) is 0. The van der Waals surface area contributed by atoms with Crippen LogP contribution in [-0.2, 0) is 6.54 Å². The molecular formula is C18H17ClN4. The van der Waals surface area contributed by atoms with Gasteiger partial charge in [-0.15, -0.1) is 0 Å². The van der Waals surface area contributed by atoms with Gasteiger partial charge in [0.05, 0.1) is 0 Å². The average Bonchev–Trinajstić information content (AvgIpc) is 2.53. The van der Waals surface area contributed by atoms with Crippen LogP contribution in [0.15, 0.2) is 60.8 Å². The molecule has 4 nitrogen and oxygen atoms in total. The molecule has 0 unspecified atom stereocenters. The summed E-state index contributed by atoms with van der Waals surface area (Å²) >= 11 is 5.98. The molecule has 0 amide bonds. The smallest absolute Gasteiger partial charge is 0.229 e. The number of hydrogen-bond donors (Lipinski definition) is 2. The molecule has 2 N–H and O–H groups in total. The lowest BCUT2D eigenvalue weighted by molar-refractivity contribution is 1.08. The van der Waals surface area contributed by atoms with Crippen molar-refractivity contribution >= 4 is 29.1 Å².